The van der Waals surface area contributed by atoms with Gasteiger partial charge < -0.3 is 14.6 Å². The molecule has 0 radical (unpaired) electrons. The van der Waals surface area contributed by atoms with E-state index in [0.29, 0.717) is 6.61 Å². The lowest BCUT2D eigenvalue weighted by Gasteiger charge is -2.36. The van der Waals surface area contributed by atoms with Gasteiger partial charge in [-0.3, -0.25) is 0 Å². The van der Waals surface area contributed by atoms with Gasteiger partial charge >= 0.3 is 0 Å². The molecule has 1 aliphatic heterocycles. The fraction of sp³-hybridized carbons (Fsp3) is 0.455. The van der Waals surface area contributed by atoms with Crippen molar-refractivity contribution >= 4 is 0 Å². The third-order valence-corrected chi connectivity index (χ3v) is 2.60. The summed E-state index contributed by atoms with van der Waals surface area (Å²) >= 11 is 0. The minimum Gasteiger partial charge on any atom is -0.485 e. The van der Waals surface area contributed by atoms with Crippen LogP contribution >= 0.6 is 0 Å². The average Bonchev–Trinajstić information content (AvgIpc) is 2.28. The molecule has 3 heteroatoms. The summed E-state index contributed by atoms with van der Waals surface area (Å²) in [6.07, 6.45) is 0.734. The number of fused-ring (bicyclic) bond motifs is 1. The van der Waals surface area contributed by atoms with E-state index in [-0.39, 0.29) is 6.61 Å². The quantitative estimate of drug-likeness (QED) is 0.777. The molecular weight excluding hydrogens is 180 g/mol. The maximum Gasteiger partial charge on any atom is 0.165 e. The van der Waals surface area contributed by atoms with Gasteiger partial charge in [0, 0.05) is 0 Å². The summed E-state index contributed by atoms with van der Waals surface area (Å²) in [4.78, 5) is 0. The third kappa shape index (κ3) is 1.44. The van der Waals surface area contributed by atoms with Crippen molar-refractivity contribution in [3.63, 3.8) is 0 Å². The normalized spacial score (nSPS) is 24.7. The maximum absolute atomic E-state index is 9.26. The molecule has 1 aromatic carbocycles. The lowest BCUT2D eigenvalue weighted by molar-refractivity contribution is -0.0496. The van der Waals surface area contributed by atoms with Crippen LogP contribution in [0.15, 0.2) is 24.3 Å². The second kappa shape index (κ2) is 3.50. The summed E-state index contributed by atoms with van der Waals surface area (Å²) in [7, 11) is 0. The Morgan fingerprint density at radius 1 is 1.36 bits per heavy atom. The van der Waals surface area contributed by atoms with E-state index in [2.05, 4.69) is 0 Å². The predicted octanol–water partition coefficient (Wildman–Crippen LogP) is 1.60. The van der Waals surface area contributed by atoms with Crippen LogP contribution in [0.5, 0.6) is 11.5 Å². The first-order chi connectivity index (χ1) is 6.79. The predicted molar refractivity (Wildman–Crippen MR) is 52.7 cm³/mol. The van der Waals surface area contributed by atoms with E-state index in [1.54, 1.807) is 0 Å². The molecule has 1 aliphatic rings. The van der Waals surface area contributed by atoms with E-state index in [9.17, 15) is 5.11 Å². The zero-order chi connectivity index (χ0) is 10.0. The van der Waals surface area contributed by atoms with Crippen molar-refractivity contribution in [1.29, 1.82) is 0 Å². The van der Waals surface area contributed by atoms with Gasteiger partial charge in [0.05, 0.1) is 6.61 Å². The van der Waals surface area contributed by atoms with Crippen LogP contribution < -0.4 is 9.47 Å². The first-order valence-electron chi connectivity index (χ1n) is 4.81. The average molecular weight is 194 g/mol. The SMILES string of the molecule is CCC1(CO)COc2ccccc2O1. The third-order valence-electron chi connectivity index (χ3n) is 2.60. The number of hydrogen-bond donors (Lipinski definition) is 1. The number of hydrogen-bond acceptors (Lipinski definition) is 3. The Balaban J connectivity index is 2.28. The molecule has 0 amide bonds. The highest BCUT2D eigenvalue weighted by atomic mass is 16.6. The Labute approximate surface area is 83.3 Å². The molecule has 0 spiro atoms. The standard InChI is InChI=1S/C11H14O3/c1-2-11(7-12)8-13-9-5-3-4-6-10(9)14-11/h3-6,12H,2,7-8H2,1H3. The lowest BCUT2D eigenvalue weighted by atomic mass is 10.0. The summed E-state index contributed by atoms with van der Waals surface area (Å²) in [6.45, 7) is 2.38. The molecule has 3 nitrogen and oxygen atoms in total. The Bertz CT molecular complexity index is 318. The van der Waals surface area contributed by atoms with Gasteiger partial charge in [-0.05, 0) is 18.6 Å². The number of rotatable bonds is 2. The van der Waals surface area contributed by atoms with Crippen molar-refractivity contribution in [3.8, 4) is 11.5 Å². The van der Waals surface area contributed by atoms with Crippen LogP contribution in [0, 0.1) is 0 Å². The highest BCUT2D eigenvalue weighted by molar-refractivity contribution is 5.41. The van der Waals surface area contributed by atoms with Crippen molar-refractivity contribution in [3.05, 3.63) is 24.3 Å². The van der Waals surface area contributed by atoms with Gasteiger partial charge in [-0.25, -0.2) is 0 Å². The fourth-order valence-electron chi connectivity index (χ4n) is 1.49. The summed E-state index contributed by atoms with van der Waals surface area (Å²) < 4.78 is 11.3. The molecule has 1 N–H and O–H groups in total. The van der Waals surface area contributed by atoms with Gasteiger partial charge in [0.15, 0.2) is 17.1 Å². The first kappa shape index (κ1) is 9.34. The molecule has 1 atom stereocenters. The first-order valence-corrected chi connectivity index (χ1v) is 4.81. The van der Waals surface area contributed by atoms with Gasteiger partial charge in [-0.1, -0.05) is 19.1 Å². The van der Waals surface area contributed by atoms with Crippen LogP contribution in [-0.4, -0.2) is 23.9 Å². The number of aliphatic hydroxyl groups excluding tert-OH is 1. The van der Waals surface area contributed by atoms with Crippen LogP contribution in [0.25, 0.3) is 0 Å². The summed E-state index contributed by atoms with van der Waals surface area (Å²) in [5, 5.41) is 9.26. The zero-order valence-electron chi connectivity index (χ0n) is 8.19. The maximum atomic E-state index is 9.26. The monoisotopic (exact) mass is 194 g/mol. The second-order valence-corrected chi connectivity index (χ2v) is 3.53. The van der Waals surface area contributed by atoms with Gasteiger partial charge in [0.1, 0.15) is 6.61 Å². The van der Waals surface area contributed by atoms with Gasteiger partial charge in [-0.15, -0.1) is 0 Å². The molecule has 1 aromatic rings. The molecule has 0 saturated carbocycles. The number of ether oxygens (including phenoxy) is 2. The molecule has 0 aromatic heterocycles. The van der Waals surface area contributed by atoms with Crippen molar-refractivity contribution < 1.29 is 14.6 Å². The minimum atomic E-state index is -0.561. The van der Waals surface area contributed by atoms with E-state index in [1.807, 2.05) is 31.2 Å². The molecule has 0 fully saturated rings. The smallest absolute Gasteiger partial charge is 0.165 e. The van der Waals surface area contributed by atoms with E-state index in [1.165, 1.54) is 0 Å². The molecule has 76 valence electrons. The minimum absolute atomic E-state index is 0.0160. The molecule has 0 saturated heterocycles. The summed E-state index contributed by atoms with van der Waals surface area (Å²) in [5.74, 6) is 1.47. The van der Waals surface area contributed by atoms with E-state index < -0.39 is 5.60 Å². The number of benzene rings is 1. The Morgan fingerprint density at radius 3 is 2.71 bits per heavy atom. The molecule has 0 bridgehead atoms. The lowest BCUT2D eigenvalue weighted by Crippen LogP contribution is -2.47. The molecule has 14 heavy (non-hydrogen) atoms. The Hall–Kier alpha value is -1.22. The topological polar surface area (TPSA) is 38.7 Å². The Morgan fingerprint density at radius 2 is 2.07 bits per heavy atom. The number of para-hydroxylation sites is 2. The van der Waals surface area contributed by atoms with Crippen LogP contribution in [0.1, 0.15) is 13.3 Å². The van der Waals surface area contributed by atoms with E-state index >= 15 is 0 Å². The van der Waals surface area contributed by atoms with Crippen molar-refractivity contribution in [2.24, 2.45) is 0 Å². The van der Waals surface area contributed by atoms with Crippen LogP contribution in [0.2, 0.25) is 0 Å². The van der Waals surface area contributed by atoms with Crippen LogP contribution in [0.4, 0.5) is 0 Å². The highest BCUT2D eigenvalue weighted by Gasteiger charge is 2.35. The van der Waals surface area contributed by atoms with Crippen LogP contribution in [0.3, 0.4) is 0 Å². The van der Waals surface area contributed by atoms with E-state index in [0.717, 1.165) is 17.9 Å². The van der Waals surface area contributed by atoms with Crippen molar-refractivity contribution in [1.82, 2.24) is 0 Å². The molecule has 2 rings (SSSR count). The molecule has 0 aliphatic carbocycles. The summed E-state index contributed by atoms with van der Waals surface area (Å²) in [5.41, 5.74) is -0.561. The fourth-order valence-corrected chi connectivity index (χ4v) is 1.49. The highest BCUT2D eigenvalue weighted by Crippen LogP contribution is 2.35. The molecular formula is C11H14O3. The summed E-state index contributed by atoms with van der Waals surface area (Å²) in [6, 6.07) is 7.52. The Kier molecular flexibility index (Phi) is 2.33. The molecule has 1 unspecified atom stereocenters. The van der Waals surface area contributed by atoms with Crippen molar-refractivity contribution in [2.45, 2.75) is 18.9 Å². The zero-order valence-corrected chi connectivity index (χ0v) is 8.19. The van der Waals surface area contributed by atoms with Gasteiger partial charge in [-0.2, -0.15) is 0 Å². The van der Waals surface area contributed by atoms with E-state index in [4.69, 9.17) is 9.47 Å². The number of aliphatic hydroxyl groups is 1. The van der Waals surface area contributed by atoms with Gasteiger partial charge in [0.25, 0.3) is 0 Å². The van der Waals surface area contributed by atoms with Gasteiger partial charge in [0.2, 0.25) is 0 Å². The second-order valence-electron chi connectivity index (χ2n) is 3.53. The van der Waals surface area contributed by atoms with Crippen LogP contribution in [-0.2, 0) is 0 Å². The largest absolute Gasteiger partial charge is 0.485 e. The van der Waals surface area contributed by atoms with Crippen molar-refractivity contribution in [2.75, 3.05) is 13.2 Å². The molecule has 1 heterocycles.